The van der Waals surface area contributed by atoms with E-state index in [2.05, 4.69) is 20.3 Å². The number of hydrogen-bond acceptors (Lipinski definition) is 4. The predicted octanol–water partition coefficient (Wildman–Crippen LogP) is -3.01. The van der Waals surface area contributed by atoms with Gasteiger partial charge >= 0.3 is 0 Å². The maximum absolute atomic E-state index is 12.4. The Balaban J connectivity index is 0.00000192. The highest BCUT2D eigenvalue weighted by molar-refractivity contribution is 5.86. The zero-order chi connectivity index (χ0) is 15.5. The average molecular weight is 333 g/mol. The fourth-order valence-corrected chi connectivity index (χ4v) is 2.48. The van der Waals surface area contributed by atoms with Gasteiger partial charge < -0.3 is 17.7 Å². The molecule has 8 heteroatoms. The summed E-state index contributed by atoms with van der Waals surface area (Å²) in [6.45, 7) is 0. The summed E-state index contributed by atoms with van der Waals surface area (Å²) in [5, 5.41) is 4.58. The monoisotopic (exact) mass is 332 g/mol. The zero-order valence-corrected chi connectivity index (χ0v) is 13.5. The largest absolute Gasteiger partial charge is 1.00 e. The molecule has 1 unspecified atom stereocenters. The Hall–Kier alpha value is -2.51. The SMILES string of the molecule is CNC(=O)C(c1ccccc1)n1cnc2c([NH2+]C)ncnc21.[Cl-]. The molecule has 0 aliphatic carbocycles. The number of nitrogens with one attached hydrogen (secondary N) is 1. The molecule has 1 amide bonds. The van der Waals surface area contributed by atoms with Crippen LogP contribution in [-0.2, 0) is 4.79 Å². The van der Waals surface area contributed by atoms with Gasteiger partial charge in [0, 0.05) is 7.05 Å². The van der Waals surface area contributed by atoms with E-state index in [1.807, 2.05) is 42.7 Å². The van der Waals surface area contributed by atoms with Gasteiger partial charge in [-0.1, -0.05) is 30.3 Å². The number of carbonyl (C=O) groups excluding carboxylic acids is 1. The number of fused-ring (bicyclic) bond motifs is 1. The summed E-state index contributed by atoms with van der Waals surface area (Å²) in [4.78, 5) is 25.3. The van der Waals surface area contributed by atoms with Crippen LogP contribution in [0.25, 0.3) is 11.2 Å². The molecule has 2 heterocycles. The Bertz CT molecular complexity index is 804. The van der Waals surface area contributed by atoms with Crippen molar-refractivity contribution in [3.63, 3.8) is 0 Å². The first-order chi connectivity index (χ1) is 10.8. The van der Waals surface area contributed by atoms with Crippen molar-refractivity contribution < 1.29 is 22.5 Å². The summed E-state index contributed by atoms with van der Waals surface area (Å²) in [5.41, 5.74) is 2.21. The number of rotatable bonds is 4. The predicted molar refractivity (Wildman–Crippen MR) is 81.5 cm³/mol. The molecule has 3 rings (SSSR count). The van der Waals surface area contributed by atoms with Gasteiger partial charge in [0.25, 0.3) is 5.82 Å². The summed E-state index contributed by atoms with van der Waals surface area (Å²) in [7, 11) is 3.52. The third-order valence-electron chi connectivity index (χ3n) is 3.55. The first-order valence-electron chi connectivity index (χ1n) is 6.99. The fraction of sp³-hybridized carbons (Fsp3) is 0.200. The molecule has 3 N–H and O–H groups in total. The van der Waals surface area contributed by atoms with Crippen molar-refractivity contribution in [2.45, 2.75) is 6.04 Å². The number of imidazole rings is 1. The second-order valence-electron chi connectivity index (χ2n) is 4.80. The Labute approximate surface area is 139 Å². The Morgan fingerprint density at radius 3 is 2.61 bits per heavy atom. The van der Waals surface area contributed by atoms with E-state index in [0.717, 1.165) is 11.4 Å². The van der Waals surface area contributed by atoms with Crippen LogP contribution >= 0.6 is 0 Å². The van der Waals surface area contributed by atoms with Crippen LogP contribution in [0.4, 0.5) is 5.82 Å². The molecule has 0 saturated carbocycles. The van der Waals surface area contributed by atoms with E-state index in [1.165, 1.54) is 6.33 Å². The molecule has 0 saturated heterocycles. The van der Waals surface area contributed by atoms with Gasteiger partial charge in [0.15, 0.2) is 11.2 Å². The molecule has 0 fully saturated rings. The average Bonchev–Trinajstić information content (AvgIpc) is 3.00. The van der Waals surface area contributed by atoms with Gasteiger partial charge in [0.2, 0.25) is 5.91 Å². The summed E-state index contributed by atoms with van der Waals surface area (Å²) in [6.07, 6.45) is 3.13. The van der Waals surface area contributed by atoms with Crippen molar-refractivity contribution in [2.75, 3.05) is 14.1 Å². The quantitative estimate of drug-likeness (QED) is 0.532. The lowest BCUT2D eigenvalue weighted by Gasteiger charge is -2.17. The van der Waals surface area contributed by atoms with Crippen LogP contribution < -0.4 is 23.0 Å². The van der Waals surface area contributed by atoms with Gasteiger partial charge in [0.1, 0.15) is 12.4 Å². The van der Waals surface area contributed by atoms with Crippen LogP contribution in [0.3, 0.4) is 0 Å². The molecule has 0 aliphatic rings. The summed E-state index contributed by atoms with van der Waals surface area (Å²) < 4.78 is 1.78. The van der Waals surface area contributed by atoms with E-state index in [-0.39, 0.29) is 18.3 Å². The number of aromatic nitrogens is 4. The highest BCUT2D eigenvalue weighted by Gasteiger charge is 2.25. The number of likely N-dealkylation sites (N-methyl/N-ethyl adjacent to an activating group) is 1. The van der Waals surface area contributed by atoms with Crippen LogP contribution in [0, 0.1) is 0 Å². The Morgan fingerprint density at radius 1 is 1.22 bits per heavy atom. The van der Waals surface area contributed by atoms with E-state index in [4.69, 9.17) is 0 Å². The number of hydrogen-bond donors (Lipinski definition) is 2. The third kappa shape index (κ3) is 3.01. The van der Waals surface area contributed by atoms with Gasteiger partial charge in [-0.3, -0.25) is 14.7 Å². The third-order valence-corrected chi connectivity index (χ3v) is 3.55. The first-order valence-corrected chi connectivity index (χ1v) is 6.99. The van der Waals surface area contributed by atoms with Crippen molar-refractivity contribution in [2.24, 2.45) is 0 Å². The number of amides is 1. The molecular weight excluding hydrogens is 316 g/mol. The van der Waals surface area contributed by atoms with Crippen LogP contribution in [0.15, 0.2) is 43.0 Å². The van der Waals surface area contributed by atoms with Crippen LogP contribution in [0.2, 0.25) is 0 Å². The number of nitrogens with zero attached hydrogens (tertiary/aromatic N) is 4. The molecule has 0 bridgehead atoms. The minimum Gasteiger partial charge on any atom is -1.00 e. The molecule has 7 nitrogen and oxygen atoms in total. The minimum absolute atomic E-state index is 0. The van der Waals surface area contributed by atoms with Crippen LogP contribution in [-0.4, -0.2) is 39.5 Å². The van der Waals surface area contributed by atoms with E-state index < -0.39 is 6.04 Å². The number of nitrogens with two attached hydrogens (primary N) is 1. The Morgan fingerprint density at radius 2 is 1.96 bits per heavy atom. The number of quaternary nitrogens is 1. The number of halogens is 1. The normalized spacial score (nSPS) is 11.7. The second-order valence-corrected chi connectivity index (χ2v) is 4.80. The van der Waals surface area contributed by atoms with E-state index in [0.29, 0.717) is 11.2 Å². The molecule has 3 aromatic rings. The fourth-order valence-electron chi connectivity index (χ4n) is 2.48. The zero-order valence-electron chi connectivity index (χ0n) is 12.8. The van der Waals surface area contributed by atoms with Gasteiger partial charge in [-0.05, 0) is 5.56 Å². The molecule has 0 spiro atoms. The molecule has 0 aliphatic heterocycles. The van der Waals surface area contributed by atoms with Gasteiger partial charge in [-0.2, -0.15) is 4.98 Å². The highest BCUT2D eigenvalue weighted by Crippen LogP contribution is 2.24. The number of carbonyl (C=O) groups is 1. The van der Waals surface area contributed by atoms with Crippen molar-refractivity contribution in [3.05, 3.63) is 48.5 Å². The van der Waals surface area contributed by atoms with Crippen molar-refractivity contribution >= 4 is 22.9 Å². The molecule has 2 aromatic heterocycles. The molecule has 1 aromatic carbocycles. The van der Waals surface area contributed by atoms with Crippen molar-refractivity contribution in [3.8, 4) is 0 Å². The molecule has 23 heavy (non-hydrogen) atoms. The Kier molecular flexibility index (Phi) is 5.25. The highest BCUT2D eigenvalue weighted by atomic mass is 35.5. The molecule has 1 atom stereocenters. The number of benzene rings is 1. The topological polar surface area (TPSA) is 89.3 Å². The summed E-state index contributed by atoms with van der Waals surface area (Å²) in [5.74, 6) is 0.638. The van der Waals surface area contributed by atoms with Crippen molar-refractivity contribution in [1.82, 2.24) is 24.8 Å². The van der Waals surface area contributed by atoms with E-state index in [1.54, 1.807) is 17.9 Å². The van der Waals surface area contributed by atoms with Crippen LogP contribution in [0.5, 0.6) is 0 Å². The smallest absolute Gasteiger partial charge is 0.255 e. The molecule has 0 radical (unpaired) electrons. The molecule has 120 valence electrons. The minimum atomic E-state index is -0.518. The maximum atomic E-state index is 12.4. The standard InChI is InChI=1S/C15H16N6O.ClH/c1-16-13-11-14(19-8-18-13)21(9-20-11)12(15(22)17-2)10-6-4-3-5-7-10;/h3-9,12H,1-2H3,(H,17,22)(H,16,18,19);1H. The maximum Gasteiger partial charge on any atom is 0.255 e. The van der Waals surface area contributed by atoms with Gasteiger partial charge in [0.05, 0.1) is 13.4 Å². The van der Waals surface area contributed by atoms with Gasteiger partial charge in [-0.25, -0.2) is 9.97 Å². The second kappa shape index (κ2) is 7.17. The van der Waals surface area contributed by atoms with Gasteiger partial charge in [-0.15, -0.1) is 0 Å². The molecular formula is C15H17ClN6O. The first kappa shape index (κ1) is 16.9. The van der Waals surface area contributed by atoms with E-state index >= 15 is 0 Å². The summed E-state index contributed by atoms with van der Waals surface area (Å²) in [6, 6.07) is 9.05. The van der Waals surface area contributed by atoms with Crippen molar-refractivity contribution in [1.29, 1.82) is 0 Å². The lowest BCUT2D eigenvalue weighted by molar-refractivity contribution is -0.541. The van der Waals surface area contributed by atoms with E-state index in [9.17, 15) is 4.79 Å². The lowest BCUT2D eigenvalue weighted by Crippen LogP contribution is -3.00. The lowest BCUT2D eigenvalue weighted by atomic mass is 10.1. The van der Waals surface area contributed by atoms with Crippen LogP contribution in [0.1, 0.15) is 11.6 Å². The summed E-state index contributed by atoms with van der Waals surface area (Å²) >= 11 is 0.